The van der Waals surface area contributed by atoms with Gasteiger partial charge < -0.3 is 9.55 Å². The van der Waals surface area contributed by atoms with Crippen LogP contribution in [0.15, 0.2) is 65.7 Å². The maximum atomic E-state index is 13.1. The van der Waals surface area contributed by atoms with Gasteiger partial charge in [-0.05, 0) is 24.0 Å². The Kier molecular flexibility index (Phi) is 5.97. The minimum Gasteiger partial charge on any atom is -0.333 e. The number of aryl methyl sites for hydroxylation is 1. The Labute approximate surface area is 210 Å². The van der Waals surface area contributed by atoms with Gasteiger partial charge in [0.25, 0.3) is 0 Å². The molecule has 0 aliphatic carbocycles. The lowest BCUT2D eigenvalue weighted by atomic mass is 9.97. The van der Waals surface area contributed by atoms with Gasteiger partial charge in [-0.25, -0.2) is 19.7 Å². The molecule has 190 valence electrons. The summed E-state index contributed by atoms with van der Waals surface area (Å²) in [5, 5.41) is 0. The fourth-order valence-electron chi connectivity index (χ4n) is 4.54. The third-order valence-corrected chi connectivity index (χ3v) is 6.49. The molecular formula is C27H25F3N6O. The zero-order chi connectivity index (χ0) is 26.5. The minimum atomic E-state index is -4.52. The molecule has 3 heterocycles. The van der Waals surface area contributed by atoms with Crippen molar-refractivity contribution in [2.75, 3.05) is 0 Å². The van der Waals surface area contributed by atoms with Crippen molar-refractivity contribution < 1.29 is 13.2 Å². The van der Waals surface area contributed by atoms with E-state index in [-0.39, 0.29) is 17.4 Å². The maximum absolute atomic E-state index is 13.1. The first-order valence-electron chi connectivity index (χ1n) is 11.8. The van der Waals surface area contributed by atoms with E-state index in [1.165, 1.54) is 11.6 Å². The molecular weight excluding hydrogens is 481 g/mol. The molecule has 2 aromatic carbocycles. The van der Waals surface area contributed by atoms with Crippen molar-refractivity contribution in [3.8, 4) is 22.8 Å². The monoisotopic (exact) mass is 506 g/mol. The van der Waals surface area contributed by atoms with E-state index in [0.717, 1.165) is 22.9 Å². The summed E-state index contributed by atoms with van der Waals surface area (Å²) in [6.45, 7) is 6.07. The summed E-state index contributed by atoms with van der Waals surface area (Å²) in [5.41, 5.74) is 3.07. The van der Waals surface area contributed by atoms with Crippen molar-refractivity contribution >= 4 is 11.2 Å². The van der Waals surface area contributed by atoms with Crippen LogP contribution >= 0.6 is 0 Å². The molecule has 0 amide bonds. The van der Waals surface area contributed by atoms with Crippen LogP contribution in [0.5, 0.6) is 0 Å². The zero-order valence-corrected chi connectivity index (χ0v) is 20.7. The molecule has 5 aromatic rings. The van der Waals surface area contributed by atoms with E-state index in [1.807, 2.05) is 31.2 Å². The smallest absolute Gasteiger partial charge is 0.333 e. The van der Waals surface area contributed by atoms with Crippen molar-refractivity contribution in [2.45, 2.75) is 38.9 Å². The van der Waals surface area contributed by atoms with Gasteiger partial charge in [-0.15, -0.1) is 0 Å². The van der Waals surface area contributed by atoms with Crippen molar-refractivity contribution in [1.82, 2.24) is 29.1 Å². The molecule has 0 aliphatic heterocycles. The average molecular weight is 507 g/mol. The van der Waals surface area contributed by atoms with Gasteiger partial charge in [0.15, 0.2) is 17.2 Å². The van der Waals surface area contributed by atoms with Crippen LogP contribution in [0.3, 0.4) is 0 Å². The van der Waals surface area contributed by atoms with Gasteiger partial charge in [-0.2, -0.15) is 13.2 Å². The first kappa shape index (κ1) is 24.5. The first-order valence-corrected chi connectivity index (χ1v) is 11.8. The normalized spacial score (nSPS) is 13.0. The van der Waals surface area contributed by atoms with Crippen molar-refractivity contribution in [2.24, 2.45) is 7.05 Å². The molecule has 10 heteroatoms. The summed E-state index contributed by atoms with van der Waals surface area (Å²) in [6.07, 6.45) is -1.94. The van der Waals surface area contributed by atoms with Crippen LogP contribution < -0.4 is 5.69 Å². The van der Waals surface area contributed by atoms with Gasteiger partial charge in [0.2, 0.25) is 0 Å². The number of alkyl halides is 3. The lowest BCUT2D eigenvalue weighted by molar-refractivity contribution is -0.140. The Balaban J connectivity index is 1.53. The van der Waals surface area contributed by atoms with Crippen LogP contribution in [-0.2, 0) is 13.2 Å². The number of hydrogen-bond donors (Lipinski definition) is 1. The molecule has 3 aromatic heterocycles. The molecule has 0 unspecified atom stereocenters. The van der Waals surface area contributed by atoms with Crippen molar-refractivity contribution in [3.63, 3.8) is 0 Å². The highest BCUT2D eigenvalue weighted by Crippen LogP contribution is 2.32. The molecule has 7 nitrogen and oxygen atoms in total. The Bertz CT molecular complexity index is 1640. The zero-order valence-electron chi connectivity index (χ0n) is 20.7. The quantitative estimate of drug-likeness (QED) is 0.320. The minimum absolute atomic E-state index is 0.206. The summed E-state index contributed by atoms with van der Waals surface area (Å²) in [7, 11) is 1.52. The number of rotatable bonds is 5. The van der Waals surface area contributed by atoms with Gasteiger partial charge >= 0.3 is 11.9 Å². The lowest BCUT2D eigenvalue weighted by Crippen LogP contribution is -2.21. The summed E-state index contributed by atoms with van der Waals surface area (Å²) < 4.78 is 42.1. The van der Waals surface area contributed by atoms with E-state index >= 15 is 0 Å². The number of imidazole rings is 2. The van der Waals surface area contributed by atoms with Crippen LogP contribution in [-0.4, -0.2) is 29.1 Å². The molecule has 0 bridgehead atoms. The summed E-state index contributed by atoms with van der Waals surface area (Å²) in [4.78, 5) is 28.7. The van der Waals surface area contributed by atoms with Crippen LogP contribution in [0.1, 0.15) is 49.6 Å². The van der Waals surface area contributed by atoms with E-state index in [4.69, 9.17) is 4.98 Å². The third-order valence-electron chi connectivity index (χ3n) is 6.49. The number of hydrogen-bond acceptors (Lipinski definition) is 4. The number of nitrogens with one attached hydrogen (secondary N) is 1. The molecule has 0 radical (unpaired) electrons. The highest BCUT2D eigenvalue weighted by atomic mass is 19.4. The Morgan fingerprint density at radius 3 is 2.32 bits per heavy atom. The van der Waals surface area contributed by atoms with Crippen LogP contribution in [0.25, 0.3) is 33.9 Å². The fraction of sp³-hybridized carbons (Fsp3) is 0.259. The lowest BCUT2D eigenvalue weighted by Gasteiger charge is -2.15. The van der Waals surface area contributed by atoms with E-state index < -0.39 is 17.9 Å². The van der Waals surface area contributed by atoms with Gasteiger partial charge in [0.05, 0.1) is 12.2 Å². The average Bonchev–Trinajstić information content (AvgIpc) is 3.42. The third kappa shape index (κ3) is 4.43. The second-order valence-corrected chi connectivity index (χ2v) is 9.33. The fourth-order valence-corrected chi connectivity index (χ4v) is 4.54. The molecule has 1 atom stereocenters. The summed E-state index contributed by atoms with van der Waals surface area (Å²) >= 11 is 0. The maximum Gasteiger partial charge on any atom is 0.434 e. The first-order chi connectivity index (χ1) is 17.5. The van der Waals surface area contributed by atoms with Crippen molar-refractivity contribution in [3.05, 3.63) is 88.2 Å². The van der Waals surface area contributed by atoms with Gasteiger partial charge in [0, 0.05) is 24.4 Å². The highest BCUT2D eigenvalue weighted by molar-refractivity contribution is 5.74. The van der Waals surface area contributed by atoms with Crippen LogP contribution in [0, 0.1) is 0 Å². The predicted octanol–water partition coefficient (Wildman–Crippen LogP) is 5.94. The van der Waals surface area contributed by atoms with E-state index in [1.54, 1.807) is 35.0 Å². The molecule has 0 saturated carbocycles. The number of aromatic amines is 1. The van der Waals surface area contributed by atoms with Crippen LogP contribution in [0.2, 0.25) is 0 Å². The SMILES string of the molecule is CC(C)c1ccccc1-c1ncc2[nH]c(=O)n([C@H](C)c3ccc(-c4nc(C(F)(F)F)cn4C)cc3)c2n1. The highest BCUT2D eigenvalue weighted by Gasteiger charge is 2.34. The topological polar surface area (TPSA) is 81.4 Å². The molecule has 37 heavy (non-hydrogen) atoms. The number of fused-ring (bicyclic) bond motifs is 1. The molecule has 1 N–H and O–H groups in total. The van der Waals surface area contributed by atoms with Gasteiger partial charge in [-0.3, -0.25) is 4.57 Å². The molecule has 5 rings (SSSR count). The van der Waals surface area contributed by atoms with Crippen molar-refractivity contribution in [1.29, 1.82) is 0 Å². The van der Waals surface area contributed by atoms with Crippen LogP contribution in [0.4, 0.5) is 13.2 Å². The molecule has 0 aliphatic rings. The molecule has 0 spiro atoms. The number of benzene rings is 2. The Hall–Kier alpha value is -4.21. The number of H-pyrrole nitrogens is 1. The second-order valence-electron chi connectivity index (χ2n) is 9.33. The summed E-state index contributed by atoms with van der Waals surface area (Å²) in [5.74, 6) is 1.01. The second kappa shape index (κ2) is 9.02. The van der Waals surface area contributed by atoms with Gasteiger partial charge in [0.1, 0.15) is 11.3 Å². The van der Waals surface area contributed by atoms with E-state index in [2.05, 4.69) is 28.8 Å². The number of aromatic nitrogens is 6. The number of nitrogens with zero attached hydrogens (tertiary/aromatic N) is 5. The summed E-state index contributed by atoms with van der Waals surface area (Å²) in [6, 6.07) is 14.5. The van der Waals surface area contributed by atoms with Gasteiger partial charge in [-0.1, -0.05) is 62.4 Å². The molecule has 0 fully saturated rings. The Morgan fingerprint density at radius 2 is 1.68 bits per heavy atom. The standard InChI is InChI=1S/C27H25F3N6O/c1-15(2)19-7-5-6-8-20(19)23-31-13-21-25(34-23)36(26(37)32-21)16(3)17-9-11-18(12-10-17)24-33-22(14-35(24)4)27(28,29)30/h5-16H,1-4H3,(H,32,37)/t16-/m1/s1. The largest absolute Gasteiger partial charge is 0.434 e. The number of halogens is 3. The molecule has 0 saturated heterocycles. The van der Waals surface area contributed by atoms with E-state index in [9.17, 15) is 18.0 Å². The van der Waals surface area contributed by atoms with E-state index in [0.29, 0.717) is 22.6 Å². The Morgan fingerprint density at radius 1 is 0.973 bits per heavy atom. The predicted molar refractivity (Wildman–Crippen MR) is 135 cm³/mol.